The van der Waals surface area contributed by atoms with Gasteiger partial charge in [0.05, 0.1) is 12.7 Å². The lowest BCUT2D eigenvalue weighted by Crippen LogP contribution is -2.55. The zero-order valence-corrected chi connectivity index (χ0v) is 19.9. The molecule has 0 aliphatic rings. The second-order valence-electron chi connectivity index (χ2n) is 9.56. The summed E-state index contributed by atoms with van der Waals surface area (Å²) in [4.78, 5) is 39.7. The summed E-state index contributed by atoms with van der Waals surface area (Å²) in [6.45, 7) is 11.1. The Morgan fingerprint density at radius 2 is 1.69 bits per heavy atom. The van der Waals surface area contributed by atoms with E-state index < -0.39 is 54.3 Å². The van der Waals surface area contributed by atoms with Gasteiger partial charge in [-0.15, -0.1) is 0 Å². The maximum atomic E-state index is 13.3. The Hall–Kier alpha value is -3.12. The molecule has 1 aromatic rings. The molecule has 176 valence electrons. The summed E-state index contributed by atoms with van der Waals surface area (Å²) in [5.74, 6) is -1.27. The van der Waals surface area contributed by atoms with Gasteiger partial charge >= 0.3 is 6.09 Å². The van der Waals surface area contributed by atoms with Crippen molar-refractivity contribution >= 4 is 17.9 Å². The molecule has 0 aliphatic carbocycles. The molecular formula is C23H34N4O5. The van der Waals surface area contributed by atoms with Crippen LogP contribution in [-0.2, 0) is 14.3 Å². The summed E-state index contributed by atoms with van der Waals surface area (Å²) in [5.41, 5.74) is 0.0554. The number of amides is 3. The number of hydrogen-bond acceptors (Lipinski definition) is 6. The number of aryl methyl sites for hydroxylation is 1. The first-order valence-electron chi connectivity index (χ1n) is 10.3. The van der Waals surface area contributed by atoms with Gasteiger partial charge in [-0.2, -0.15) is 5.26 Å². The Kier molecular flexibility index (Phi) is 9.21. The average Bonchev–Trinajstić information content (AvgIpc) is 2.63. The fraction of sp³-hybridized carbons (Fsp3) is 0.565. The SMILES string of the molecule is Cc1ccc(C(C(=O)NC(C)(C)C)N(CC#N)C(=O)C(CO)NC(=O)OC(C)(C)C)cc1. The normalized spacial score (nSPS) is 13.3. The lowest BCUT2D eigenvalue weighted by atomic mass is 10.00. The average molecular weight is 447 g/mol. The molecule has 1 aromatic carbocycles. The number of carbonyl (C=O) groups is 3. The number of nitriles is 1. The van der Waals surface area contributed by atoms with Crippen molar-refractivity contribution in [1.82, 2.24) is 15.5 Å². The molecule has 0 heterocycles. The molecule has 9 heteroatoms. The quantitative estimate of drug-likeness (QED) is 0.550. The monoisotopic (exact) mass is 446 g/mol. The molecule has 0 saturated carbocycles. The standard InChI is InChI=1S/C23H34N4O5/c1-15-8-10-16(11-9-15)18(19(29)26-22(2,3)4)27(13-12-24)20(30)17(14-28)25-21(31)32-23(5,6)7/h8-11,17-18,28H,13-14H2,1-7H3,(H,25,31)(H,26,29). The van der Waals surface area contributed by atoms with Crippen molar-refractivity contribution in [3.63, 3.8) is 0 Å². The largest absolute Gasteiger partial charge is 0.444 e. The van der Waals surface area contributed by atoms with Crippen molar-refractivity contribution in [2.24, 2.45) is 0 Å². The van der Waals surface area contributed by atoms with Crippen molar-refractivity contribution in [3.05, 3.63) is 35.4 Å². The van der Waals surface area contributed by atoms with Crippen LogP contribution in [0.15, 0.2) is 24.3 Å². The Balaban J connectivity index is 3.34. The molecule has 0 spiro atoms. The molecule has 2 atom stereocenters. The summed E-state index contributed by atoms with van der Waals surface area (Å²) in [6.07, 6.45) is -0.896. The third-order valence-electron chi connectivity index (χ3n) is 4.15. The van der Waals surface area contributed by atoms with Gasteiger partial charge in [0.2, 0.25) is 11.8 Å². The van der Waals surface area contributed by atoms with Gasteiger partial charge in [-0.05, 0) is 54.0 Å². The predicted octanol–water partition coefficient (Wildman–Crippen LogP) is 2.19. The number of aliphatic hydroxyl groups excluding tert-OH is 1. The molecule has 0 radical (unpaired) electrons. The summed E-state index contributed by atoms with van der Waals surface area (Å²) < 4.78 is 5.16. The number of nitrogens with zero attached hydrogens (tertiary/aromatic N) is 2. The van der Waals surface area contributed by atoms with E-state index in [1.54, 1.807) is 65.8 Å². The maximum absolute atomic E-state index is 13.3. The van der Waals surface area contributed by atoms with Crippen molar-refractivity contribution in [1.29, 1.82) is 5.26 Å². The van der Waals surface area contributed by atoms with Crippen LogP contribution >= 0.6 is 0 Å². The number of nitrogens with one attached hydrogen (secondary N) is 2. The number of carbonyl (C=O) groups excluding carboxylic acids is 3. The van der Waals surface area contributed by atoms with Gasteiger partial charge < -0.3 is 25.4 Å². The highest BCUT2D eigenvalue weighted by molar-refractivity contribution is 5.92. The van der Waals surface area contributed by atoms with Gasteiger partial charge in [0.15, 0.2) is 0 Å². The molecule has 0 fully saturated rings. The van der Waals surface area contributed by atoms with Crippen LogP contribution in [0.5, 0.6) is 0 Å². The minimum absolute atomic E-state index is 0.429. The zero-order chi connectivity index (χ0) is 24.7. The number of aliphatic hydroxyl groups is 1. The second-order valence-corrected chi connectivity index (χ2v) is 9.56. The van der Waals surface area contributed by atoms with Crippen LogP contribution in [0.1, 0.15) is 58.7 Å². The molecular weight excluding hydrogens is 412 g/mol. The molecule has 3 N–H and O–H groups in total. The van der Waals surface area contributed by atoms with Gasteiger partial charge in [0.1, 0.15) is 24.2 Å². The summed E-state index contributed by atoms with van der Waals surface area (Å²) >= 11 is 0. The number of benzene rings is 1. The van der Waals surface area contributed by atoms with Gasteiger partial charge in [-0.25, -0.2) is 4.79 Å². The van der Waals surface area contributed by atoms with E-state index in [9.17, 15) is 24.8 Å². The molecule has 32 heavy (non-hydrogen) atoms. The predicted molar refractivity (Wildman–Crippen MR) is 119 cm³/mol. The van der Waals surface area contributed by atoms with Crippen molar-refractivity contribution in [2.75, 3.05) is 13.2 Å². The van der Waals surface area contributed by atoms with Crippen LogP contribution in [0, 0.1) is 18.3 Å². The van der Waals surface area contributed by atoms with Crippen LogP contribution in [0.4, 0.5) is 4.79 Å². The molecule has 1 rings (SSSR count). The highest BCUT2D eigenvalue weighted by Crippen LogP contribution is 2.24. The first-order chi connectivity index (χ1) is 14.7. The van der Waals surface area contributed by atoms with Crippen molar-refractivity contribution in [2.45, 2.75) is 71.7 Å². The van der Waals surface area contributed by atoms with E-state index >= 15 is 0 Å². The molecule has 3 amide bonds. The van der Waals surface area contributed by atoms with E-state index in [0.717, 1.165) is 10.5 Å². The zero-order valence-electron chi connectivity index (χ0n) is 19.9. The number of rotatable bonds is 7. The first-order valence-corrected chi connectivity index (χ1v) is 10.3. The highest BCUT2D eigenvalue weighted by Gasteiger charge is 2.37. The highest BCUT2D eigenvalue weighted by atomic mass is 16.6. The summed E-state index contributed by atoms with van der Waals surface area (Å²) in [7, 11) is 0. The van der Waals surface area contributed by atoms with Crippen LogP contribution in [0.2, 0.25) is 0 Å². The lowest BCUT2D eigenvalue weighted by molar-refractivity contribution is -0.143. The third kappa shape index (κ3) is 8.55. The first kappa shape index (κ1) is 26.9. The Labute approximate surface area is 189 Å². The van der Waals surface area contributed by atoms with Gasteiger partial charge in [0, 0.05) is 5.54 Å². The molecule has 2 unspecified atom stereocenters. The van der Waals surface area contributed by atoms with E-state index in [2.05, 4.69) is 10.6 Å². The molecule has 0 saturated heterocycles. The minimum Gasteiger partial charge on any atom is -0.444 e. The molecule has 0 bridgehead atoms. The van der Waals surface area contributed by atoms with Crippen molar-refractivity contribution in [3.8, 4) is 6.07 Å². The summed E-state index contributed by atoms with van der Waals surface area (Å²) in [5, 5.41) is 24.3. The number of alkyl carbamates (subject to hydrolysis) is 1. The van der Waals surface area contributed by atoms with Crippen LogP contribution in [-0.4, -0.2) is 58.2 Å². The lowest BCUT2D eigenvalue weighted by Gasteiger charge is -2.34. The fourth-order valence-electron chi connectivity index (χ4n) is 2.87. The fourth-order valence-corrected chi connectivity index (χ4v) is 2.87. The molecule has 0 aromatic heterocycles. The summed E-state index contributed by atoms with van der Waals surface area (Å²) in [6, 6.07) is 6.36. The van der Waals surface area contributed by atoms with E-state index in [4.69, 9.17) is 4.74 Å². The smallest absolute Gasteiger partial charge is 0.408 e. The number of ether oxygens (including phenoxy) is 1. The van der Waals surface area contributed by atoms with Crippen molar-refractivity contribution < 1.29 is 24.2 Å². The third-order valence-corrected chi connectivity index (χ3v) is 4.15. The Morgan fingerprint density at radius 1 is 1.12 bits per heavy atom. The second kappa shape index (κ2) is 11.0. The maximum Gasteiger partial charge on any atom is 0.408 e. The van der Waals surface area contributed by atoms with Gasteiger partial charge in [0.25, 0.3) is 0 Å². The van der Waals surface area contributed by atoms with E-state index in [1.807, 2.05) is 13.0 Å². The minimum atomic E-state index is -1.39. The van der Waals surface area contributed by atoms with Gasteiger partial charge in [-0.1, -0.05) is 29.8 Å². The number of hydrogen-bond donors (Lipinski definition) is 3. The Bertz CT molecular complexity index is 847. The van der Waals surface area contributed by atoms with E-state index in [1.165, 1.54) is 0 Å². The van der Waals surface area contributed by atoms with E-state index in [-0.39, 0.29) is 0 Å². The van der Waals surface area contributed by atoms with Crippen LogP contribution in [0.3, 0.4) is 0 Å². The molecule has 9 nitrogen and oxygen atoms in total. The van der Waals surface area contributed by atoms with E-state index in [0.29, 0.717) is 5.56 Å². The van der Waals surface area contributed by atoms with Gasteiger partial charge in [-0.3, -0.25) is 9.59 Å². The van der Waals surface area contributed by atoms with Crippen LogP contribution in [0.25, 0.3) is 0 Å². The topological polar surface area (TPSA) is 132 Å². The molecule has 0 aliphatic heterocycles. The van der Waals surface area contributed by atoms with Crippen LogP contribution < -0.4 is 10.6 Å². The Morgan fingerprint density at radius 3 is 2.12 bits per heavy atom.